The van der Waals surface area contributed by atoms with Gasteiger partial charge in [0, 0.05) is 6.04 Å². The average Bonchev–Trinajstić information content (AvgIpc) is 2.76. The predicted octanol–water partition coefficient (Wildman–Crippen LogP) is 3.30. The molecule has 3 rings (SSSR count). The van der Waals surface area contributed by atoms with Crippen LogP contribution in [0, 0.1) is 24.7 Å². The van der Waals surface area contributed by atoms with Gasteiger partial charge in [0.25, 0.3) is 0 Å². The molecule has 1 N–H and O–H groups in total. The Morgan fingerprint density at radius 2 is 1.75 bits per heavy atom. The van der Waals surface area contributed by atoms with E-state index in [1.165, 1.54) is 30.4 Å². The van der Waals surface area contributed by atoms with Gasteiger partial charge < -0.3 is 5.32 Å². The molecule has 1 nitrogen and oxygen atoms in total. The van der Waals surface area contributed by atoms with Gasteiger partial charge in [-0.1, -0.05) is 36.2 Å². The second kappa shape index (κ2) is 3.89. The monoisotopic (exact) mass is 215 g/mol. The predicted molar refractivity (Wildman–Crippen MR) is 67.3 cm³/mol. The van der Waals surface area contributed by atoms with Crippen molar-refractivity contribution in [2.75, 3.05) is 7.05 Å². The van der Waals surface area contributed by atoms with Crippen molar-refractivity contribution >= 4 is 0 Å². The summed E-state index contributed by atoms with van der Waals surface area (Å²) in [6.45, 7) is 2.16. The largest absolute Gasteiger partial charge is 0.313 e. The number of hydrogen-bond acceptors (Lipinski definition) is 1. The summed E-state index contributed by atoms with van der Waals surface area (Å²) in [5.41, 5.74) is 2.84. The first kappa shape index (κ1) is 10.3. The number of nitrogens with one attached hydrogen (secondary N) is 1. The Balaban J connectivity index is 1.78. The molecule has 86 valence electrons. The smallest absolute Gasteiger partial charge is 0.0351 e. The molecule has 2 fully saturated rings. The van der Waals surface area contributed by atoms with Gasteiger partial charge in [0.05, 0.1) is 0 Å². The summed E-state index contributed by atoms with van der Waals surface area (Å²) in [6.07, 6.45) is 4.41. The van der Waals surface area contributed by atoms with E-state index >= 15 is 0 Å². The van der Waals surface area contributed by atoms with Crippen molar-refractivity contribution in [2.24, 2.45) is 17.8 Å². The van der Waals surface area contributed by atoms with Crippen LogP contribution in [0.4, 0.5) is 0 Å². The van der Waals surface area contributed by atoms with Crippen molar-refractivity contribution in [2.45, 2.75) is 32.2 Å². The van der Waals surface area contributed by atoms with Crippen LogP contribution in [0.2, 0.25) is 0 Å². The molecular weight excluding hydrogens is 194 g/mol. The van der Waals surface area contributed by atoms with Gasteiger partial charge in [0.2, 0.25) is 0 Å². The van der Waals surface area contributed by atoms with Crippen LogP contribution in [-0.2, 0) is 0 Å². The molecule has 0 spiro atoms. The van der Waals surface area contributed by atoms with Crippen molar-refractivity contribution in [3.05, 3.63) is 35.4 Å². The zero-order valence-corrected chi connectivity index (χ0v) is 10.2. The lowest BCUT2D eigenvalue weighted by atomic mass is 9.96. The van der Waals surface area contributed by atoms with Crippen molar-refractivity contribution < 1.29 is 0 Å². The molecule has 16 heavy (non-hydrogen) atoms. The molecule has 0 aliphatic heterocycles. The molecule has 0 heterocycles. The SMILES string of the molecule is CNC(c1ccc(C)cc1)C1C2CCCC21. The minimum Gasteiger partial charge on any atom is -0.313 e. The molecule has 2 aliphatic carbocycles. The number of rotatable bonds is 3. The zero-order valence-electron chi connectivity index (χ0n) is 10.2. The number of fused-ring (bicyclic) bond motifs is 1. The lowest BCUT2D eigenvalue weighted by Gasteiger charge is -2.18. The molecule has 0 aromatic heterocycles. The third kappa shape index (κ3) is 1.58. The highest BCUT2D eigenvalue weighted by Crippen LogP contribution is 2.62. The van der Waals surface area contributed by atoms with E-state index < -0.39 is 0 Å². The number of benzene rings is 1. The number of aryl methyl sites for hydroxylation is 1. The molecule has 0 bridgehead atoms. The van der Waals surface area contributed by atoms with Gasteiger partial charge in [0.15, 0.2) is 0 Å². The van der Waals surface area contributed by atoms with Gasteiger partial charge in [-0.15, -0.1) is 0 Å². The summed E-state index contributed by atoms with van der Waals surface area (Å²) in [6, 6.07) is 9.65. The summed E-state index contributed by atoms with van der Waals surface area (Å²) in [5.74, 6) is 2.97. The molecule has 0 amide bonds. The molecule has 3 unspecified atom stereocenters. The van der Waals surface area contributed by atoms with E-state index in [9.17, 15) is 0 Å². The minimum atomic E-state index is 0.593. The Bertz CT molecular complexity index is 358. The Labute approximate surface area is 98.3 Å². The normalized spacial score (nSPS) is 33.5. The average molecular weight is 215 g/mol. The van der Waals surface area contributed by atoms with Crippen LogP contribution >= 0.6 is 0 Å². The molecular formula is C15H21N. The summed E-state index contributed by atoms with van der Waals surface area (Å²) in [7, 11) is 2.11. The summed E-state index contributed by atoms with van der Waals surface area (Å²) in [5, 5.41) is 3.53. The van der Waals surface area contributed by atoms with Crippen LogP contribution in [0.5, 0.6) is 0 Å². The standard InChI is InChI=1S/C15H21N/c1-10-6-8-11(9-7-10)15(16-2)14-12-4-3-5-13(12)14/h6-9,12-16H,3-5H2,1-2H3. The van der Waals surface area contributed by atoms with Crippen LogP contribution in [0.25, 0.3) is 0 Å². The van der Waals surface area contributed by atoms with Gasteiger partial charge in [0.1, 0.15) is 0 Å². The van der Waals surface area contributed by atoms with Crippen LogP contribution in [0.1, 0.15) is 36.4 Å². The quantitative estimate of drug-likeness (QED) is 0.815. The lowest BCUT2D eigenvalue weighted by Crippen LogP contribution is -2.20. The van der Waals surface area contributed by atoms with E-state index in [4.69, 9.17) is 0 Å². The minimum absolute atomic E-state index is 0.593. The molecule has 1 aromatic rings. The summed E-state index contributed by atoms with van der Waals surface area (Å²) >= 11 is 0. The number of hydrogen-bond donors (Lipinski definition) is 1. The molecule has 1 aromatic carbocycles. The third-order valence-electron chi connectivity index (χ3n) is 4.61. The molecule has 0 saturated heterocycles. The first-order chi connectivity index (χ1) is 7.81. The third-order valence-corrected chi connectivity index (χ3v) is 4.61. The molecule has 3 atom stereocenters. The van der Waals surface area contributed by atoms with Crippen LogP contribution in [0.3, 0.4) is 0 Å². The van der Waals surface area contributed by atoms with E-state index in [2.05, 4.69) is 43.6 Å². The Morgan fingerprint density at radius 3 is 2.31 bits per heavy atom. The zero-order chi connectivity index (χ0) is 11.1. The van der Waals surface area contributed by atoms with Gasteiger partial charge in [-0.3, -0.25) is 0 Å². The topological polar surface area (TPSA) is 12.0 Å². The van der Waals surface area contributed by atoms with E-state index in [-0.39, 0.29) is 0 Å². The molecule has 1 heteroatoms. The first-order valence-electron chi connectivity index (χ1n) is 6.55. The van der Waals surface area contributed by atoms with E-state index in [0.717, 1.165) is 17.8 Å². The van der Waals surface area contributed by atoms with E-state index in [1.54, 1.807) is 0 Å². The van der Waals surface area contributed by atoms with Gasteiger partial charge in [-0.25, -0.2) is 0 Å². The van der Waals surface area contributed by atoms with Crippen molar-refractivity contribution in [3.63, 3.8) is 0 Å². The van der Waals surface area contributed by atoms with Crippen molar-refractivity contribution in [1.82, 2.24) is 5.32 Å². The van der Waals surface area contributed by atoms with Gasteiger partial charge in [-0.2, -0.15) is 0 Å². The van der Waals surface area contributed by atoms with Gasteiger partial charge >= 0.3 is 0 Å². The van der Waals surface area contributed by atoms with E-state index in [0.29, 0.717) is 6.04 Å². The van der Waals surface area contributed by atoms with Crippen LogP contribution < -0.4 is 5.32 Å². The maximum Gasteiger partial charge on any atom is 0.0351 e. The highest BCUT2D eigenvalue weighted by Gasteiger charge is 2.55. The van der Waals surface area contributed by atoms with Gasteiger partial charge in [-0.05, 0) is 50.1 Å². The maximum atomic E-state index is 3.53. The Morgan fingerprint density at radius 1 is 1.12 bits per heavy atom. The lowest BCUT2D eigenvalue weighted by molar-refractivity contribution is 0.444. The maximum absolute atomic E-state index is 3.53. The summed E-state index contributed by atoms with van der Waals surface area (Å²) in [4.78, 5) is 0. The summed E-state index contributed by atoms with van der Waals surface area (Å²) < 4.78 is 0. The second-order valence-electron chi connectivity index (χ2n) is 5.51. The van der Waals surface area contributed by atoms with Crippen LogP contribution in [-0.4, -0.2) is 7.05 Å². The Kier molecular flexibility index (Phi) is 2.51. The molecule has 0 radical (unpaired) electrons. The van der Waals surface area contributed by atoms with Crippen LogP contribution in [0.15, 0.2) is 24.3 Å². The highest BCUT2D eigenvalue weighted by molar-refractivity contribution is 5.27. The fourth-order valence-corrected chi connectivity index (χ4v) is 3.73. The Hall–Kier alpha value is -0.820. The second-order valence-corrected chi connectivity index (χ2v) is 5.51. The van der Waals surface area contributed by atoms with Crippen molar-refractivity contribution in [3.8, 4) is 0 Å². The van der Waals surface area contributed by atoms with E-state index in [1.807, 2.05) is 0 Å². The fourth-order valence-electron chi connectivity index (χ4n) is 3.73. The fraction of sp³-hybridized carbons (Fsp3) is 0.600. The highest BCUT2D eigenvalue weighted by atomic mass is 14.9. The van der Waals surface area contributed by atoms with Crippen molar-refractivity contribution in [1.29, 1.82) is 0 Å². The molecule has 2 saturated carbocycles. The first-order valence-corrected chi connectivity index (χ1v) is 6.55. The molecule has 2 aliphatic rings.